The molecule has 1 aromatic carbocycles. The van der Waals surface area contributed by atoms with E-state index < -0.39 is 0 Å². The van der Waals surface area contributed by atoms with E-state index in [9.17, 15) is 4.79 Å². The second-order valence-corrected chi connectivity index (χ2v) is 6.12. The largest absolute Gasteiger partial charge is 0.332 e. The average Bonchev–Trinajstić information content (AvgIpc) is 3.02. The first-order valence-electron chi connectivity index (χ1n) is 8.63. The van der Waals surface area contributed by atoms with Crippen LogP contribution in [0.1, 0.15) is 41.2 Å². The van der Waals surface area contributed by atoms with E-state index in [0.717, 1.165) is 25.3 Å². The first-order valence-corrected chi connectivity index (χ1v) is 8.63. The van der Waals surface area contributed by atoms with Gasteiger partial charge in [-0.05, 0) is 44.1 Å². The van der Waals surface area contributed by atoms with Crippen molar-refractivity contribution in [3.63, 3.8) is 0 Å². The van der Waals surface area contributed by atoms with Crippen molar-refractivity contribution < 1.29 is 4.79 Å². The van der Waals surface area contributed by atoms with E-state index >= 15 is 0 Å². The third kappa shape index (κ3) is 4.68. The molecular weight excluding hydrogens is 300 g/mol. The van der Waals surface area contributed by atoms with Crippen LogP contribution in [0.5, 0.6) is 0 Å². The van der Waals surface area contributed by atoms with Gasteiger partial charge in [0.1, 0.15) is 5.69 Å². The van der Waals surface area contributed by atoms with Crippen molar-refractivity contribution in [2.24, 2.45) is 0 Å². The summed E-state index contributed by atoms with van der Waals surface area (Å²) in [7, 11) is 0. The summed E-state index contributed by atoms with van der Waals surface area (Å²) in [6, 6.07) is 10.0. The zero-order valence-corrected chi connectivity index (χ0v) is 15.2. The Balaban J connectivity index is 2.17. The minimum atomic E-state index is -0.0187. The summed E-state index contributed by atoms with van der Waals surface area (Å²) in [5.41, 5.74) is 3.77. The van der Waals surface area contributed by atoms with Crippen LogP contribution in [0.4, 0.5) is 0 Å². The number of aromatic nitrogens is 2. The van der Waals surface area contributed by atoms with Gasteiger partial charge in [-0.3, -0.25) is 9.89 Å². The normalized spacial score (nSPS) is 11.0. The Hall–Kier alpha value is -2.14. The molecule has 0 aliphatic rings. The highest BCUT2D eigenvalue weighted by atomic mass is 16.2. The quantitative estimate of drug-likeness (QED) is 0.810. The third-order valence-electron chi connectivity index (χ3n) is 4.42. The van der Waals surface area contributed by atoms with Crippen LogP contribution < -0.4 is 0 Å². The molecule has 0 unspecified atom stereocenters. The maximum Gasteiger partial charge on any atom is 0.274 e. The number of nitrogens with one attached hydrogen (secondary N) is 1. The van der Waals surface area contributed by atoms with Crippen LogP contribution in [-0.2, 0) is 6.54 Å². The molecule has 24 heavy (non-hydrogen) atoms. The molecule has 5 nitrogen and oxygen atoms in total. The maximum atomic E-state index is 12.9. The van der Waals surface area contributed by atoms with Crippen LogP contribution >= 0.6 is 0 Å². The van der Waals surface area contributed by atoms with Crippen molar-refractivity contribution in [2.75, 3.05) is 26.2 Å². The second kappa shape index (κ2) is 8.64. The van der Waals surface area contributed by atoms with E-state index in [-0.39, 0.29) is 5.91 Å². The number of H-pyrrole nitrogens is 1. The standard InChI is InChI=1S/C19H28N4O/c1-5-22(6-2)11-12-23(14-17-10-8-7-9-15(17)3)19(24)18-13-16(4)20-21-18/h7-10,13H,5-6,11-12,14H2,1-4H3,(H,20,21). The van der Waals surface area contributed by atoms with E-state index in [1.54, 1.807) is 0 Å². The minimum Gasteiger partial charge on any atom is -0.332 e. The number of nitrogens with zero attached hydrogens (tertiary/aromatic N) is 3. The van der Waals surface area contributed by atoms with Crippen molar-refractivity contribution >= 4 is 5.91 Å². The fourth-order valence-electron chi connectivity index (χ4n) is 2.74. The average molecular weight is 328 g/mol. The third-order valence-corrected chi connectivity index (χ3v) is 4.42. The lowest BCUT2D eigenvalue weighted by atomic mass is 10.1. The Labute approximate surface area is 144 Å². The fourth-order valence-corrected chi connectivity index (χ4v) is 2.74. The predicted molar refractivity (Wildman–Crippen MR) is 97.0 cm³/mol. The van der Waals surface area contributed by atoms with Gasteiger partial charge in [-0.1, -0.05) is 38.1 Å². The van der Waals surface area contributed by atoms with E-state index in [4.69, 9.17) is 0 Å². The van der Waals surface area contributed by atoms with Gasteiger partial charge in [0.05, 0.1) is 0 Å². The Morgan fingerprint density at radius 2 is 1.83 bits per heavy atom. The molecule has 1 aromatic heterocycles. The molecule has 5 heteroatoms. The topological polar surface area (TPSA) is 52.2 Å². The van der Waals surface area contributed by atoms with Gasteiger partial charge < -0.3 is 9.80 Å². The molecule has 0 radical (unpaired) electrons. The molecule has 130 valence electrons. The van der Waals surface area contributed by atoms with Gasteiger partial charge in [-0.2, -0.15) is 5.10 Å². The Bertz CT molecular complexity index is 661. The summed E-state index contributed by atoms with van der Waals surface area (Å²) in [4.78, 5) is 17.1. The summed E-state index contributed by atoms with van der Waals surface area (Å²) in [5.74, 6) is -0.0187. The monoisotopic (exact) mass is 328 g/mol. The second-order valence-electron chi connectivity index (χ2n) is 6.12. The van der Waals surface area contributed by atoms with Crippen LogP contribution in [-0.4, -0.2) is 52.1 Å². The van der Waals surface area contributed by atoms with Crippen LogP contribution in [0.15, 0.2) is 30.3 Å². The summed E-state index contributed by atoms with van der Waals surface area (Å²) in [6.45, 7) is 12.4. The zero-order valence-electron chi connectivity index (χ0n) is 15.2. The van der Waals surface area contributed by atoms with Gasteiger partial charge in [0, 0.05) is 25.3 Å². The lowest BCUT2D eigenvalue weighted by Crippen LogP contribution is -2.38. The highest BCUT2D eigenvalue weighted by molar-refractivity contribution is 5.92. The van der Waals surface area contributed by atoms with Crippen molar-refractivity contribution in [2.45, 2.75) is 34.2 Å². The number of aryl methyl sites for hydroxylation is 2. The molecule has 0 bridgehead atoms. The van der Waals surface area contributed by atoms with Gasteiger partial charge in [-0.15, -0.1) is 0 Å². The molecule has 2 rings (SSSR count). The van der Waals surface area contributed by atoms with Crippen molar-refractivity contribution in [1.82, 2.24) is 20.0 Å². The Kier molecular flexibility index (Phi) is 6.55. The van der Waals surface area contributed by atoms with Crippen LogP contribution in [0.2, 0.25) is 0 Å². The van der Waals surface area contributed by atoms with E-state index in [2.05, 4.69) is 48.0 Å². The fraction of sp³-hybridized carbons (Fsp3) is 0.474. The highest BCUT2D eigenvalue weighted by Gasteiger charge is 2.19. The zero-order chi connectivity index (χ0) is 17.5. The first-order chi connectivity index (χ1) is 11.5. The Morgan fingerprint density at radius 1 is 1.12 bits per heavy atom. The SMILES string of the molecule is CCN(CC)CCN(Cc1ccccc1C)C(=O)c1cc(C)[nH]n1. The number of aromatic amines is 1. The number of rotatable bonds is 8. The molecule has 0 fully saturated rings. The van der Waals surface area contributed by atoms with Crippen molar-refractivity contribution in [3.05, 3.63) is 52.8 Å². The smallest absolute Gasteiger partial charge is 0.274 e. The molecule has 0 atom stereocenters. The number of carbonyl (C=O) groups is 1. The van der Waals surface area contributed by atoms with Crippen LogP contribution in [0.25, 0.3) is 0 Å². The first kappa shape index (κ1) is 18.2. The van der Waals surface area contributed by atoms with Crippen LogP contribution in [0, 0.1) is 13.8 Å². The molecule has 2 aromatic rings. The molecule has 1 N–H and O–H groups in total. The number of amides is 1. The molecular formula is C19H28N4O. The predicted octanol–water partition coefficient (Wildman–Crippen LogP) is 3.01. The summed E-state index contributed by atoms with van der Waals surface area (Å²) in [6.07, 6.45) is 0. The molecule has 1 heterocycles. The molecule has 0 aliphatic heterocycles. The van der Waals surface area contributed by atoms with Crippen molar-refractivity contribution in [1.29, 1.82) is 0 Å². The van der Waals surface area contributed by atoms with Crippen molar-refractivity contribution in [3.8, 4) is 0 Å². The highest BCUT2D eigenvalue weighted by Crippen LogP contribution is 2.13. The van der Waals surface area contributed by atoms with Gasteiger partial charge in [0.2, 0.25) is 0 Å². The minimum absolute atomic E-state index is 0.0187. The van der Waals surface area contributed by atoms with E-state index in [1.165, 1.54) is 11.1 Å². The number of hydrogen-bond donors (Lipinski definition) is 1. The summed E-state index contributed by atoms with van der Waals surface area (Å²) < 4.78 is 0. The van der Waals surface area contributed by atoms with Gasteiger partial charge >= 0.3 is 0 Å². The van der Waals surface area contributed by atoms with E-state index in [0.29, 0.717) is 18.8 Å². The molecule has 0 saturated carbocycles. The van der Waals surface area contributed by atoms with E-state index in [1.807, 2.05) is 30.0 Å². The summed E-state index contributed by atoms with van der Waals surface area (Å²) in [5, 5.41) is 7.00. The van der Waals surface area contributed by atoms with Gasteiger partial charge in [0.15, 0.2) is 0 Å². The number of benzene rings is 1. The molecule has 0 saturated heterocycles. The summed E-state index contributed by atoms with van der Waals surface area (Å²) >= 11 is 0. The lowest BCUT2D eigenvalue weighted by Gasteiger charge is -2.26. The number of carbonyl (C=O) groups excluding carboxylic acids is 1. The Morgan fingerprint density at radius 3 is 2.42 bits per heavy atom. The molecule has 0 spiro atoms. The lowest BCUT2D eigenvalue weighted by molar-refractivity contribution is 0.0717. The maximum absolute atomic E-state index is 12.9. The molecule has 0 aliphatic carbocycles. The number of likely N-dealkylation sites (N-methyl/N-ethyl adjacent to an activating group) is 1. The van der Waals surface area contributed by atoms with Crippen LogP contribution in [0.3, 0.4) is 0 Å². The molecule has 1 amide bonds. The van der Waals surface area contributed by atoms with Gasteiger partial charge in [-0.25, -0.2) is 0 Å². The number of hydrogen-bond acceptors (Lipinski definition) is 3. The van der Waals surface area contributed by atoms with Gasteiger partial charge in [0.25, 0.3) is 5.91 Å².